The SMILES string of the molecule is c1ccc(C2(c3ccccc3)c3ccccc3-c3c(N(c4ccc(-c5cccc6ccccc56)cc4)c4ccc5c(c4)C4(c6ccccc6-c6ccccc64)c4ccccc4-5)cccc32)cc1. The second-order valence-corrected chi connectivity index (χ2v) is 18.3. The summed E-state index contributed by atoms with van der Waals surface area (Å²) in [7, 11) is 0. The summed E-state index contributed by atoms with van der Waals surface area (Å²) in [6.07, 6.45) is 0. The highest BCUT2D eigenvalue weighted by atomic mass is 15.1. The summed E-state index contributed by atoms with van der Waals surface area (Å²) >= 11 is 0. The smallest absolute Gasteiger partial charge is 0.0726 e. The fourth-order valence-electron chi connectivity index (χ4n) is 12.6. The van der Waals surface area contributed by atoms with Crippen molar-refractivity contribution >= 4 is 27.8 Å². The van der Waals surface area contributed by atoms with Crippen molar-refractivity contribution in [3.63, 3.8) is 0 Å². The van der Waals surface area contributed by atoms with E-state index in [9.17, 15) is 0 Å². The molecule has 0 saturated heterocycles. The molecule has 0 N–H and O–H groups in total. The Morgan fingerprint density at radius 1 is 0.269 bits per heavy atom. The Morgan fingerprint density at radius 2 is 0.716 bits per heavy atom. The van der Waals surface area contributed by atoms with Gasteiger partial charge in [0.25, 0.3) is 0 Å². The molecule has 11 aromatic rings. The van der Waals surface area contributed by atoms with E-state index in [-0.39, 0.29) is 0 Å². The summed E-state index contributed by atoms with van der Waals surface area (Å²) in [5.41, 5.74) is 22.9. The third kappa shape index (κ3) is 5.14. The van der Waals surface area contributed by atoms with E-state index >= 15 is 0 Å². The van der Waals surface area contributed by atoms with Gasteiger partial charge in [0.2, 0.25) is 0 Å². The number of nitrogens with zero attached hydrogens (tertiary/aromatic N) is 1. The summed E-state index contributed by atoms with van der Waals surface area (Å²) in [5, 5.41) is 2.50. The molecule has 11 aromatic carbocycles. The summed E-state index contributed by atoms with van der Waals surface area (Å²) < 4.78 is 0. The Morgan fingerprint density at radius 3 is 1.34 bits per heavy atom. The molecule has 0 aromatic heterocycles. The van der Waals surface area contributed by atoms with Gasteiger partial charge in [0.15, 0.2) is 0 Å². The van der Waals surface area contributed by atoms with Gasteiger partial charge >= 0.3 is 0 Å². The lowest BCUT2D eigenvalue weighted by molar-refractivity contribution is 0.768. The fourth-order valence-corrected chi connectivity index (χ4v) is 12.6. The van der Waals surface area contributed by atoms with Crippen LogP contribution in [0.15, 0.2) is 261 Å². The average Bonchev–Trinajstić information content (AvgIpc) is 4.00. The van der Waals surface area contributed by atoms with Gasteiger partial charge in [-0.3, -0.25) is 0 Å². The molecule has 0 atom stereocenters. The summed E-state index contributed by atoms with van der Waals surface area (Å²) in [6.45, 7) is 0. The molecular formula is C66H43N. The Kier molecular flexibility index (Phi) is 8.18. The molecule has 0 saturated carbocycles. The van der Waals surface area contributed by atoms with Gasteiger partial charge in [0, 0.05) is 16.9 Å². The van der Waals surface area contributed by atoms with Gasteiger partial charge in [0.05, 0.1) is 16.5 Å². The van der Waals surface area contributed by atoms with E-state index in [1.807, 2.05) is 0 Å². The minimum absolute atomic E-state index is 0.472. The highest BCUT2D eigenvalue weighted by molar-refractivity contribution is 6.01. The van der Waals surface area contributed by atoms with E-state index in [1.54, 1.807) is 0 Å². The predicted octanol–water partition coefficient (Wildman–Crippen LogP) is 16.7. The third-order valence-electron chi connectivity index (χ3n) is 15.2. The van der Waals surface area contributed by atoms with E-state index in [0.29, 0.717) is 0 Å². The molecule has 67 heavy (non-hydrogen) atoms. The van der Waals surface area contributed by atoms with Crippen LogP contribution in [0.25, 0.3) is 55.3 Å². The molecule has 1 heteroatoms. The van der Waals surface area contributed by atoms with Crippen LogP contribution in [0, 0.1) is 0 Å². The van der Waals surface area contributed by atoms with E-state index in [2.05, 4.69) is 266 Å². The zero-order valence-electron chi connectivity index (χ0n) is 36.8. The number of rotatable bonds is 6. The minimum atomic E-state index is -0.532. The van der Waals surface area contributed by atoms with Crippen molar-refractivity contribution < 1.29 is 0 Å². The van der Waals surface area contributed by atoms with Gasteiger partial charge in [-0.2, -0.15) is 0 Å². The second kappa shape index (κ2) is 14.5. The van der Waals surface area contributed by atoms with Gasteiger partial charge in [0.1, 0.15) is 0 Å². The van der Waals surface area contributed by atoms with Gasteiger partial charge in [-0.15, -0.1) is 0 Å². The quantitative estimate of drug-likeness (QED) is 0.161. The molecule has 0 fully saturated rings. The van der Waals surface area contributed by atoms with Crippen molar-refractivity contribution in [2.75, 3.05) is 4.90 Å². The van der Waals surface area contributed by atoms with Gasteiger partial charge in [-0.1, -0.05) is 231 Å². The zero-order valence-corrected chi connectivity index (χ0v) is 36.8. The highest BCUT2D eigenvalue weighted by Gasteiger charge is 2.52. The molecule has 0 unspecified atom stereocenters. The largest absolute Gasteiger partial charge is 0.310 e. The van der Waals surface area contributed by atoms with Crippen LogP contribution >= 0.6 is 0 Å². The van der Waals surface area contributed by atoms with Gasteiger partial charge in [-0.05, 0) is 125 Å². The molecule has 312 valence electrons. The highest BCUT2D eigenvalue weighted by Crippen LogP contribution is 2.64. The Hall–Kier alpha value is -8.52. The molecule has 0 bridgehead atoms. The standard InChI is InChI=1S/C66H43N/c1-3-21-46(22-4-1)65(47-23-5-2-6-24-47)60-34-16-12-29-56(60)64-61(65)35-18-36-63(64)67(48-39-37-45(38-40-48)51-30-17-20-44-19-7-8-25-50(44)51)49-41-42-55-54-28-11-15-33-59(54)66(62(55)43-49)57-31-13-9-26-52(57)53-27-10-14-32-58(53)66/h1-43H. The minimum Gasteiger partial charge on any atom is -0.310 e. The maximum absolute atomic E-state index is 2.54. The maximum Gasteiger partial charge on any atom is 0.0726 e. The normalized spacial score (nSPS) is 13.9. The number of hydrogen-bond donors (Lipinski definition) is 0. The lowest BCUT2D eigenvalue weighted by Crippen LogP contribution is -2.28. The van der Waals surface area contributed by atoms with Crippen molar-refractivity contribution in [1.29, 1.82) is 0 Å². The average molecular weight is 850 g/mol. The van der Waals surface area contributed by atoms with Crippen molar-refractivity contribution in [3.05, 3.63) is 305 Å². The van der Waals surface area contributed by atoms with E-state index in [0.717, 1.165) is 17.1 Å². The molecule has 0 radical (unpaired) electrons. The molecule has 0 aliphatic heterocycles. The number of fused-ring (bicyclic) bond motifs is 14. The first kappa shape index (κ1) is 37.8. The van der Waals surface area contributed by atoms with Crippen LogP contribution in [0.1, 0.15) is 44.5 Å². The lowest BCUT2D eigenvalue weighted by Gasteiger charge is -2.35. The molecule has 3 aliphatic carbocycles. The molecule has 0 heterocycles. The molecular weight excluding hydrogens is 807 g/mol. The summed E-state index contributed by atoms with van der Waals surface area (Å²) in [4.78, 5) is 2.54. The van der Waals surface area contributed by atoms with Crippen LogP contribution in [0.4, 0.5) is 17.1 Å². The third-order valence-corrected chi connectivity index (χ3v) is 15.2. The molecule has 1 spiro atoms. The van der Waals surface area contributed by atoms with Crippen molar-refractivity contribution in [3.8, 4) is 44.5 Å². The van der Waals surface area contributed by atoms with Crippen LogP contribution in [0.2, 0.25) is 0 Å². The van der Waals surface area contributed by atoms with E-state index < -0.39 is 10.8 Å². The van der Waals surface area contributed by atoms with Crippen LogP contribution in [0.5, 0.6) is 0 Å². The summed E-state index contributed by atoms with van der Waals surface area (Å²) in [5.74, 6) is 0. The van der Waals surface area contributed by atoms with E-state index in [4.69, 9.17) is 0 Å². The number of anilines is 3. The monoisotopic (exact) mass is 849 g/mol. The predicted molar refractivity (Wildman–Crippen MR) is 278 cm³/mol. The topological polar surface area (TPSA) is 3.24 Å². The Labute approximate surface area is 391 Å². The fraction of sp³-hybridized carbons (Fsp3) is 0.0303. The Balaban J connectivity index is 1.05. The van der Waals surface area contributed by atoms with Crippen molar-refractivity contribution in [2.45, 2.75) is 10.8 Å². The molecule has 3 aliphatic rings. The maximum atomic E-state index is 2.54. The number of benzene rings is 11. The van der Waals surface area contributed by atoms with Gasteiger partial charge < -0.3 is 4.90 Å². The van der Waals surface area contributed by atoms with Gasteiger partial charge in [-0.25, -0.2) is 0 Å². The van der Waals surface area contributed by atoms with Crippen LogP contribution in [-0.4, -0.2) is 0 Å². The first-order valence-electron chi connectivity index (χ1n) is 23.4. The lowest BCUT2D eigenvalue weighted by atomic mass is 9.68. The molecule has 14 rings (SSSR count). The van der Waals surface area contributed by atoms with Crippen molar-refractivity contribution in [1.82, 2.24) is 0 Å². The van der Waals surface area contributed by atoms with E-state index in [1.165, 1.54) is 99.8 Å². The molecule has 1 nitrogen and oxygen atoms in total. The van der Waals surface area contributed by atoms with Crippen molar-refractivity contribution in [2.24, 2.45) is 0 Å². The second-order valence-electron chi connectivity index (χ2n) is 18.3. The zero-order chi connectivity index (χ0) is 44.1. The summed E-state index contributed by atoms with van der Waals surface area (Å²) in [6, 6.07) is 97.5. The first-order valence-corrected chi connectivity index (χ1v) is 23.4. The van der Waals surface area contributed by atoms with Crippen LogP contribution in [-0.2, 0) is 10.8 Å². The van der Waals surface area contributed by atoms with Crippen LogP contribution < -0.4 is 4.90 Å². The number of hydrogen-bond acceptors (Lipinski definition) is 1. The first-order chi connectivity index (χ1) is 33.3. The molecule has 0 amide bonds. The Bertz CT molecular complexity index is 3640. The van der Waals surface area contributed by atoms with Crippen LogP contribution in [0.3, 0.4) is 0 Å².